The van der Waals surface area contributed by atoms with Gasteiger partial charge in [0, 0.05) is 31.7 Å². The van der Waals surface area contributed by atoms with E-state index in [2.05, 4.69) is 10.2 Å². The molecule has 1 aliphatic heterocycles. The number of Topliss-reactive ketones (excluding diaryl/α,β-unsaturated/α-hetero) is 1. The average Bonchev–Trinajstić information content (AvgIpc) is 3.28. The molecule has 0 bridgehead atoms. The summed E-state index contributed by atoms with van der Waals surface area (Å²) in [5.74, 6) is -1.64. The van der Waals surface area contributed by atoms with E-state index in [4.69, 9.17) is 0 Å². The maximum absolute atomic E-state index is 13.6. The van der Waals surface area contributed by atoms with Gasteiger partial charge in [0.1, 0.15) is 12.0 Å². The van der Waals surface area contributed by atoms with Gasteiger partial charge in [0.25, 0.3) is 5.91 Å². The maximum Gasteiger partial charge on any atom is 0.405 e. The number of ketones is 1. The fraction of sp³-hybridized carbons (Fsp3) is 0.344. The standard InChI is InChI=1S/C32H32F3N3O3/c33-32(34,35)22-36-30(41)31(26-14-6-4-12-24(26)25-13-5-7-15-27(25)31)16-8-9-17-37-18-20-38(21-19-37)29(40)28(39)23-10-2-1-3-11-23/h1-7,10-15H,8-9,16-22H2,(H,36,41). The van der Waals surface area contributed by atoms with Crippen molar-refractivity contribution in [2.75, 3.05) is 39.3 Å². The highest BCUT2D eigenvalue weighted by atomic mass is 19.4. The fourth-order valence-corrected chi connectivity index (χ4v) is 6.04. The molecule has 9 heteroatoms. The molecule has 1 N–H and O–H groups in total. The Kier molecular flexibility index (Phi) is 8.26. The van der Waals surface area contributed by atoms with Gasteiger partial charge in [-0.05, 0) is 41.6 Å². The summed E-state index contributed by atoms with van der Waals surface area (Å²) < 4.78 is 39.2. The van der Waals surface area contributed by atoms with E-state index in [0.29, 0.717) is 44.6 Å². The Labute approximate surface area is 237 Å². The van der Waals surface area contributed by atoms with Gasteiger partial charge in [0.2, 0.25) is 11.7 Å². The molecule has 0 atom stereocenters. The molecule has 0 spiro atoms. The van der Waals surface area contributed by atoms with Crippen molar-refractivity contribution >= 4 is 17.6 Å². The maximum atomic E-state index is 13.6. The molecule has 1 saturated heterocycles. The van der Waals surface area contributed by atoms with Gasteiger partial charge in [-0.25, -0.2) is 0 Å². The van der Waals surface area contributed by atoms with Crippen molar-refractivity contribution in [2.45, 2.75) is 30.9 Å². The number of alkyl halides is 3. The van der Waals surface area contributed by atoms with E-state index in [1.807, 2.05) is 48.5 Å². The lowest BCUT2D eigenvalue weighted by molar-refractivity contribution is -0.141. The number of nitrogens with one attached hydrogen (secondary N) is 1. The third kappa shape index (κ3) is 5.91. The molecule has 6 nitrogen and oxygen atoms in total. The van der Waals surface area contributed by atoms with Crippen molar-refractivity contribution in [3.63, 3.8) is 0 Å². The van der Waals surface area contributed by atoms with E-state index in [1.54, 1.807) is 35.2 Å². The number of carbonyl (C=O) groups excluding carboxylic acids is 3. The number of hydrogen-bond acceptors (Lipinski definition) is 4. The van der Waals surface area contributed by atoms with Gasteiger partial charge >= 0.3 is 6.18 Å². The lowest BCUT2D eigenvalue weighted by Crippen LogP contribution is -2.50. The Bertz CT molecular complexity index is 1370. The molecule has 0 unspecified atom stereocenters. The molecule has 1 heterocycles. The summed E-state index contributed by atoms with van der Waals surface area (Å²) in [5.41, 5.74) is 2.38. The molecule has 5 rings (SSSR count). The third-order valence-electron chi connectivity index (χ3n) is 8.07. The van der Waals surface area contributed by atoms with Gasteiger partial charge in [-0.2, -0.15) is 13.2 Å². The van der Waals surface area contributed by atoms with Crippen LogP contribution in [0.15, 0.2) is 78.9 Å². The third-order valence-corrected chi connectivity index (χ3v) is 8.07. The van der Waals surface area contributed by atoms with E-state index >= 15 is 0 Å². The zero-order valence-corrected chi connectivity index (χ0v) is 22.6. The summed E-state index contributed by atoms with van der Waals surface area (Å²) in [6.45, 7) is 1.48. The quantitative estimate of drug-likeness (QED) is 0.230. The van der Waals surface area contributed by atoms with Crippen LogP contribution in [-0.4, -0.2) is 72.8 Å². The number of hydrogen-bond donors (Lipinski definition) is 1. The van der Waals surface area contributed by atoms with Crippen molar-refractivity contribution in [1.29, 1.82) is 0 Å². The second kappa shape index (κ2) is 11.9. The molecule has 41 heavy (non-hydrogen) atoms. The molecule has 1 fully saturated rings. The van der Waals surface area contributed by atoms with Crippen molar-refractivity contribution in [3.05, 3.63) is 95.6 Å². The van der Waals surface area contributed by atoms with Crippen LogP contribution in [0.1, 0.15) is 40.7 Å². The number of nitrogens with zero attached hydrogens (tertiary/aromatic N) is 2. The number of halogens is 3. The van der Waals surface area contributed by atoms with Crippen molar-refractivity contribution in [2.24, 2.45) is 0 Å². The molecular weight excluding hydrogens is 531 g/mol. The first-order chi connectivity index (χ1) is 19.7. The summed E-state index contributed by atoms with van der Waals surface area (Å²) in [7, 11) is 0. The summed E-state index contributed by atoms with van der Waals surface area (Å²) in [5, 5.41) is 2.17. The summed E-state index contributed by atoms with van der Waals surface area (Å²) >= 11 is 0. The zero-order valence-electron chi connectivity index (χ0n) is 22.6. The van der Waals surface area contributed by atoms with Crippen molar-refractivity contribution in [3.8, 4) is 11.1 Å². The highest BCUT2D eigenvalue weighted by molar-refractivity contribution is 6.42. The predicted octanol–water partition coefficient (Wildman–Crippen LogP) is 4.83. The molecule has 0 aromatic heterocycles. The number of rotatable bonds is 9. The lowest BCUT2D eigenvalue weighted by atomic mass is 9.73. The van der Waals surface area contributed by atoms with Gasteiger partial charge in [0.05, 0.1) is 0 Å². The van der Waals surface area contributed by atoms with Crippen LogP contribution in [0.2, 0.25) is 0 Å². The van der Waals surface area contributed by atoms with E-state index in [9.17, 15) is 27.6 Å². The van der Waals surface area contributed by atoms with Gasteiger partial charge in [-0.3, -0.25) is 19.3 Å². The number of carbonyl (C=O) groups is 3. The monoisotopic (exact) mass is 563 g/mol. The Morgan fingerprint density at radius 2 is 1.32 bits per heavy atom. The number of unbranched alkanes of at least 4 members (excludes halogenated alkanes) is 1. The molecule has 0 saturated carbocycles. The highest BCUT2D eigenvalue weighted by Crippen LogP contribution is 2.51. The normalized spacial score (nSPS) is 16.1. The minimum Gasteiger partial charge on any atom is -0.346 e. The van der Waals surface area contributed by atoms with Crippen LogP contribution in [0.3, 0.4) is 0 Å². The van der Waals surface area contributed by atoms with Crippen LogP contribution in [0.5, 0.6) is 0 Å². The Balaban J connectivity index is 1.22. The zero-order chi connectivity index (χ0) is 29.0. The minimum absolute atomic E-state index is 0.370. The molecule has 214 valence electrons. The Morgan fingerprint density at radius 1 is 0.756 bits per heavy atom. The summed E-state index contributed by atoms with van der Waals surface area (Å²) in [6.07, 6.45) is -2.79. The van der Waals surface area contributed by atoms with E-state index in [1.165, 1.54) is 0 Å². The van der Waals surface area contributed by atoms with Gasteiger partial charge in [-0.15, -0.1) is 0 Å². The highest BCUT2D eigenvalue weighted by Gasteiger charge is 2.49. The average molecular weight is 564 g/mol. The van der Waals surface area contributed by atoms with E-state index in [-0.39, 0.29) is 0 Å². The van der Waals surface area contributed by atoms with Crippen LogP contribution >= 0.6 is 0 Å². The van der Waals surface area contributed by atoms with Crippen LogP contribution in [0.25, 0.3) is 11.1 Å². The second-order valence-corrected chi connectivity index (χ2v) is 10.6. The number of fused-ring (bicyclic) bond motifs is 3. The largest absolute Gasteiger partial charge is 0.405 e. The second-order valence-electron chi connectivity index (χ2n) is 10.6. The molecule has 2 amide bonds. The number of piperazine rings is 1. The van der Waals surface area contributed by atoms with Crippen LogP contribution in [-0.2, 0) is 15.0 Å². The lowest BCUT2D eigenvalue weighted by Gasteiger charge is -2.35. The summed E-state index contributed by atoms with van der Waals surface area (Å²) in [6, 6.07) is 23.4. The minimum atomic E-state index is -4.51. The van der Waals surface area contributed by atoms with Crippen molar-refractivity contribution < 1.29 is 27.6 Å². The van der Waals surface area contributed by atoms with Gasteiger partial charge in [0.15, 0.2) is 0 Å². The van der Waals surface area contributed by atoms with Crippen LogP contribution in [0.4, 0.5) is 13.2 Å². The first kappa shape index (κ1) is 28.5. The van der Waals surface area contributed by atoms with Gasteiger partial charge < -0.3 is 10.2 Å². The predicted molar refractivity (Wildman–Crippen MR) is 149 cm³/mol. The molecule has 2 aliphatic rings. The van der Waals surface area contributed by atoms with Crippen LogP contribution in [0, 0.1) is 0 Å². The number of amides is 2. The Hall–Kier alpha value is -3.98. The topological polar surface area (TPSA) is 69.7 Å². The smallest absolute Gasteiger partial charge is 0.346 e. The molecule has 0 radical (unpaired) electrons. The summed E-state index contributed by atoms with van der Waals surface area (Å²) in [4.78, 5) is 42.6. The molecule has 1 aliphatic carbocycles. The molecule has 3 aromatic rings. The van der Waals surface area contributed by atoms with E-state index in [0.717, 1.165) is 35.2 Å². The number of benzene rings is 3. The Morgan fingerprint density at radius 3 is 1.90 bits per heavy atom. The first-order valence-corrected chi connectivity index (χ1v) is 13.9. The molecule has 3 aromatic carbocycles. The fourth-order valence-electron chi connectivity index (χ4n) is 6.04. The van der Waals surface area contributed by atoms with E-state index < -0.39 is 35.7 Å². The van der Waals surface area contributed by atoms with Gasteiger partial charge in [-0.1, -0.05) is 85.3 Å². The SMILES string of the molecule is O=C(C(=O)N1CCN(CCCCC2(C(=O)NCC(F)(F)F)c3ccccc3-c3ccccc32)CC1)c1ccccc1. The van der Waals surface area contributed by atoms with Crippen LogP contribution < -0.4 is 5.32 Å². The first-order valence-electron chi connectivity index (χ1n) is 13.9. The molecular formula is C32H32F3N3O3. The van der Waals surface area contributed by atoms with Crippen molar-refractivity contribution in [1.82, 2.24) is 15.1 Å².